The Morgan fingerprint density at radius 2 is 1.67 bits per heavy atom. The van der Waals surface area contributed by atoms with Crippen molar-refractivity contribution in [1.29, 1.82) is 0 Å². The number of carbonyl (C=O) groups is 2. The molecule has 1 fully saturated rings. The van der Waals surface area contributed by atoms with Gasteiger partial charge in [-0.25, -0.2) is 0 Å². The normalized spacial score (nSPS) is 14.7. The zero-order chi connectivity index (χ0) is 29.8. The molecule has 2 aromatic heterocycles. The minimum absolute atomic E-state index is 0.0245. The first-order chi connectivity index (χ1) is 21.0. The van der Waals surface area contributed by atoms with E-state index in [-0.39, 0.29) is 18.6 Å². The lowest BCUT2D eigenvalue weighted by atomic mass is 10.1. The van der Waals surface area contributed by atoms with Crippen LogP contribution < -0.4 is 9.47 Å². The summed E-state index contributed by atoms with van der Waals surface area (Å²) in [7, 11) is 0. The summed E-state index contributed by atoms with van der Waals surface area (Å²) in [6.07, 6.45) is 2.85. The van der Waals surface area contributed by atoms with Crippen molar-refractivity contribution in [3.05, 3.63) is 107 Å². The number of aryl methyl sites for hydroxylation is 1. The molecule has 0 radical (unpaired) electrons. The van der Waals surface area contributed by atoms with Crippen molar-refractivity contribution < 1.29 is 23.5 Å². The van der Waals surface area contributed by atoms with Gasteiger partial charge in [0.05, 0.1) is 13.1 Å². The predicted octanol–water partition coefficient (Wildman–Crippen LogP) is 5.18. The van der Waals surface area contributed by atoms with Gasteiger partial charge in [-0.15, -0.1) is 0 Å². The Morgan fingerprint density at radius 3 is 2.47 bits per heavy atom. The van der Waals surface area contributed by atoms with Crippen LogP contribution >= 0.6 is 0 Å². The Labute approximate surface area is 252 Å². The van der Waals surface area contributed by atoms with Crippen LogP contribution in [-0.4, -0.2) is 70.6 Å². The van der Waals surface area contributed by atoms with Crippen molar-refractivity contribution >= 4 is 11.8 Å². The van der Waals surface area contributed by atoms with Crippen LogP contribution in [0.1, 0.15) is 56.8 Å². The Kier molecular flexibility index (Phi) is 8.51. The van der Waals surface area contributed by atoms with Crippen LogP contribution in [0, 0.1) is 6.92 Å². The van der Waals surface area contributed by atoms with Gasteiger partial charge in [0.2, 0.25) is 6.79 Å². The maximum atomic E-state index is 13.3. The summed E-state index contributed by atoms with van der Waals surface area (Å²) in [6.45, 7) is 9.68. The fourth-order valence-corrected chi connectivity index (χ4v) is 5.65. The lowest BCUT2D eigenvalue weighted by Gasteiger charge is -2.34. The summed E-state index contributed by atoms with van der Waals surface area (Å²) in [4.78, 5) is 32.6. The summed E-state index contributed by atoms with van der Waals surface area (Å²) < 4.78 is 19.0. The van der Waals surface area contributed by atoms with Gasteiger partial charge in [0.1, 0.15) is 5.76 Å². The molecule has 2 amide bonds. The Hall–Kier alpha value is -4.50. The van der Waals surface area contributed by atoms with E-state index in [1.807, 2.05) is 77.5 Å². The average molecular weight is 583 g/mol. The second-order valence-electron chi connectivity index (χ2n) is 11.2. The first kappa shape index (κ1) is 28.6. The highest BCUT2D eigenvalue weighted by molar-refractivity contribution is 5.94. The average Bonchev–Trinajstić information content (AvgIpc) is 3.79. The summed E-state index contributed by atoms with van der Waals surface area (Å²) >= 11 is 0. The van der Waals surface area contributed by atoms with Crippen LogP contribution in [-0.2, 0) is 19.6 Å². The number of hydrogen-bond acceptors (Lipinski definition) is 6. The van der Waals surface area contributed by atoms with Gasteiger partial charge in [-0.3, -0.25) is 14.5 Å². The van der Waals surface area contributed by atoms with Crippen molar-refractivity contribution in [2.75, 3.05) is 39.5 Å². The number of ether oxygens (including phenoxy) is 2. The van der Waals surface area contributed by atoms with E-state index in [1.54, 1.807) is 6.07 Å². The molecule has 2 aliphatic heterocycles. The van der Waals surface area contributed by atoms with Crippen LogP contribution in [0.4, 0.5) is 0 Å². The molecule has 2 aromatic carbocycles. The summed E-state index contributed by atoms with van der Waals surface area (Å²) in [6, 6.07) is 21.4. The number of fused-ring (bicyclic) bond motifs is 1. The Balaban J connectivity index is 1.04. The van der Waals surface area contributed by atoms with Crippen molar-refractivity contribution in [3.63, 3.8) is 0 Å². The lowest BCUT2D eigenvalue weighted by molar-refractivity contribution is 0.0595. The maximum absolute atomic E-state index is 13.3. The molecule has 6 rings (SSSR count). The third kappa shape index (κ3) is 6.62. The SMILES string of the molecule is CCCN(Cc1cccn1Cc1ccc(C(=O)N2CCN(Cc3ccc4c(c3)OCO4)CC2)o1)C(=O)c1ccc(C)cc1. The Bertz CT molecular complexity index is 1570. The fourth-order valence-electron chi connectivity index (χ4n) is 5.65. The van der Waals surface area contributed by atoms with E-state index in [1.165, 1.54) is 5.56 Å². The number of benzene rings is 2. The zero-order valence-electron chi connectivity index (χ0n) is 24.8. The monoisotopic (exact) mass is 582 g/mol. The summed E-state index contributed by atoms with van der Waals surface area (Å²) in [5, 5.41) is 0. The van der Waals surface area contributed by atoms with Gasteiger partial charge in [0, 0.05) is 56.7 Å². The minimum atomic E-state index is -0.0838. The highest BCUT2D eigenvalue weighted by Gasteiger charge is 2.25. The van der Waals surface area contributed by atoms with E-state index in [9.17, 15) is 9.59 Å². The topological polar surface area (TPSA) is 80.4 Å². The van der Waals surface area contributed by atoms with E-state index in [4.69, 9.17) is 13.9 Å². The van der Waals surface area contributed by atoms with E-state index < -0.39 is 0 Å². The first-order valence-electron chi connectivity index (χ1n) is 15.0. The van der Waals surface area contributed by atoms with Gasteiger partial charge >= 0.3 is 0 Å². The molecule has 0 aliphatic carbocycles. The smallest absolute Gasteiger partial charge is 0.289 e. The molecule has 224 valence electrons. The van der Waals surface area contributed by atoms with Crippen LogP contribution in [0.3, 0.4) is 0 Å². The molecular formula is C34H38N4O5. The van der Waals surface area contributed by atoms with E-state index >= 15 is 0 Å². The molecule has 9 heteroatoms. The second-order valence-corrected chi connectivity index (χ2v) is 11.2. The van der Waals surface area contributed by atoms with Gasteiger partial charge in [0.25, 0.3) is 11.8 Å². The molecule has 1 saturated heterocycles. The molecule has 2 aliphatic rings. The van der Waals surface area contributed by atoms with E-state index in [0.29, 0.717) is 49.8 Å². The molecule has 0 N–H and O–H groups in total. The van der Waals surface area contributed by atoms with Crippen LogP contribution in [0.15, 0.2) is 77.3 Å². The first-order valence-corrected chi connectivity index (χ1v) is 15.0. The van der Waals surface area contributed by atoms with E-state index in [0.717, 1.165) is 48.8 Å². The summed E-state index contributed by atoms with van der Waals surface area (Å²) in [5.41, 5.74) is 4.00. The molecule has 4 aromatic rings. The van der Waals surface area contributed by atoms with Crippen molar-refractivity contribution in [2.45, 2.75) is 39.9 Å². The van der Waals surface area contributed by atoms with Crippen molar-refractivity contribution in [2.24, 2.45) is 0 Å². The number of hydrogen-bond donors (Lipinski definition) is 0. The van der Waals surface area contributed by atoms with Gasteiger partial charge < -0.3 is 28.3 Å². The van der Waals surface area contributed by atoms with Crippen LogP contribution in [0.25, 0.3) is 0 Å². The van der Waals surface area contributed by atoms with Crippen molar-refractivity contribution in [1.82, 2.24) is 19.3 Å². The maximum Gasteiger partial charge on any atom is 0.289 e. The summed E-state index contributed by atoms with van der Waals surface area (Å²) in [5.74, 6) is 2.58. The Morgan fingerprint density at radius 1 is 0.884 bits per heavy atom. The number of carbonyl (C=O) groups excluding carboxylic acids is 2. The van der Waals surface area contributed by atoms with Crippen LogP contribution in [0.5, 0.6) is 11.5 Å². The van der Waals surface area contributed by atoms with Crippen LogP contribution in [0.2, 0.25) is 0 Å². The molecule has 0 unspecified atom stereocenters. The standard InChI is InChI=1S/C34H38N4O5/c1-3-14-38(33(39)27-9-6-25(2)7-10-27)22-28-5-4-15-37(28)23-29-11-13-31(43-29)34(40)36-18-16-35(17-19-36)21-26-8-12-30-32(20-26)42-24-41-30/h4-13,15,20H,3,14,16-19,21-24H2,1-2H3. The molecule has 43 heavy (non-hydrogen) atoms. The number of nitrogens with zero attached hydrogens (tertiary/aromatic N) is 4. The third-order valence-corrected chi connectivity index (χ3v) is 8.06. The lowest BCUT2D eigenvalue weighted by Crippen LogP contribution is -2.48. The number of piperazine rings is 1. The number of amides is 2. The van der Waals surface area contributed by atoms with Gasteiger partial charge in [-0.1, -0.05) is 30.7 Å². The van der Waals surface area contributed by atoms with Crippen molar-refractivity contribution in [3.8, 4) is 11.5 Å². The fraction of sp³-hybridized carbons (Fsp3) is 0.353. The molecule has 0 spiro atoms. The molecule has 0 atom stereocenters. The number of rotatable bonds is 10. The molecule has 9 nitrogen and oxygen atoms in total. The quantitative estimate of drug-likeness (QED) is 0.257. The largest absolute Gasteiger partial charge is 0.454 e. The second kappa shape index (κ2) is 12.8. The minimum Gasteiger partial charge on any atom is -0.454 e. The highest BCUT2D eigenvalue weighted by atomic mass is 16.7. The third-order valence-electron chi connectivity index (χ3n) is 8.06. The molecular weight excluding hydrogens is 544 g/mol. The van der Waals surface area contributed by atoms with Gasteiger partial charge in [-0.05, 0) is 67.4 Å². The van der Waals surface area contributed by atoms with Gasteiger partial charge in [0.15, 0.2) is 17.3 Å². The highest BCUT2D eigenvalue weighted by Crippen LogP contribution is 2.33. The number of furan rings is 1. The predicted molar refractivity (Wildman–Crippen MR) is 162 cm³/mol. The molecule has 4 heterocycles. The van der Waals surface area contributed by atoms with E-state index in [2.05, 4.69) is 22.5 Å². The number of aromatic nitrogens is 1. The van der Waals surface area contributed by atoms with Gasteiger partial charge in [-0.2, -0.15) is 0 Å². The molecule has 0 saturated carbocycles. The molecule has 0 bridgehead atoms. The zero-order valence-corrected chi connectivity index (χ0v) is 24.8.